The zero-order valence-electron chi connectivity index (χ0n) is 23.3. The fourth-order valence-corrected chi connectivity index (χ4v) is 5.18. The van der Waals surface area contributed by atoms with Crippen molar-refractivity contribution in [3.63, 3.8) is 0 Å². The molecule has 0 aliphatic carbocycles. The van der Waals surface area contributed by atoms with Gasteiger partial charge >= 0.3 is 5.97 Å². The molecule has 1 N–H and O–H groups in total. The second-order valence-electron chi connectivity index (χ2n) is 10.5. The molecule has 204 valence electrons. The largest absolute Gasteiger partial charge is 0.496 e. The molecule has 0 fully saturated rings. The Balaban J connectivity index is 1.61. The highest BCUT2D eigenvalue weighted by atomic mass is 19.1. The van der Waals surface area contributed by atoms with Crippen LogP contribution in [0.15, 0.2) is 84.9 Å². The van der Waals surface area contributed by atoms with Gasteiger partial charge in [0, 0.05) is 28.4 Å². The lowest BCUT2D eigenvalue weighted by molar-refractivity contribution is 0.0734. The van der Waals surface area contributed by atoms with Crippen LogP contribution in [0.2, 0.25) is 0 Å². The summed E-state index contributed by atoms with van der Waals surface area (Å²) < 4.78 is 31.8. The number of ether oxygens (including phenoxy) is 3. The molecule has 5 nitrogen and oxygen atoms in total. The molecule has 5 rings (SSSR count). The molecule has 40 heavy (non-hydrogen) atoms. The van der Waals surface area contributed by atoms with Crippen molar-refractivity contribution in [1.29, 1.82) is 0 Å². The average Bonchev–Trinajstić information content (AvgIpc) is 2.93. The van der Waals surface area contributed by atoms with Crippen molar-refractivity contribution in [2.75, 3.05) is 12.4 Å². The molecule has 0 amide bonds. The number of carbonyl (C=O) groups excluding carboxylic acids is 1. The predicted octanol–water partition coefficient (Wildman–Crippen LogP) is 8.22. The van der Waals surface area contributed by atoms with Crippen LogP contribution in [-0.2, 0) is 6.61 Å². The predicted molar refractivity (Wildman–Crippen MR) is 157 cm³/mol. The molecule has 4 aromatic carbocycles. The number of rotatable bonds is 7. The van der Waals surface area contributed by atoms with Crippen molar-refractivity contribution >= 4 is 17.2 Å². The minimum atomic E-state index is -0.447. The lowest BCUT2D eigenvalue weighted by atomic mass is 9.85. The van der Waals surface area contributed by atoms with Crippen molar-refractivity contribution in [2.24, 2.45) is 0 Å². The average molecular weight is 538 g/mol. The number of aryl methyl sites for hydroxylation is 1. The summed E-state index contributed by atoms with van der Waals surface area (Å²) in [6.07, 6.45) is 2.19. The van der Waals surface area contributed by atoms with E-state index in [4.69, 9.17) is 14.2 Å². The molecular weight excluding hydrogens is 505 g/mol. The molecule has 1 heterocycles. The Morgan fingerprint density at radius 3 is 2.42 bits per heavy atom. The third-order valence-electron chi connectivity index (χ3n) is 6.94. The fourth-order valence-electron chi connectivity index (χ4n) is 5.18. The summed E-state index contributed by atoms with van der Waals surface area (Å²) in [5, 5.41) is 3.60. The Morgan fingerprint density at radius 2 is 1.68 bits per heavy atom. The molecule has 0 unspecified atom stereocenters. The first-order valence-corrected chi connectivity index (χ1v) is 13.1. The number of allylic oxidation sites excluding steroid dienone is 1. The van der Waals surface area contributed by atoms with Gasteiger partial charge in [0.1, 0.15) is 29.7 Å². The van der Waals surface area contributed by atoms with Gasteiger partial charge in [0.25, 0.3) is 0 Å². The van der Waals surface area contributed by atoms with E-state index in [0.29, 0.717) is 22.8 Å². The highest BCUT2D eigenvalue weighted by Gasteiger charge is 2.27. The maximum Gasteiger partial charge on any atom is 0.343 e. The number of anilines is 1. The van der Waals surface area contributed by atoms with Crippen LogP contribution in [0.3, 0.4) is 0 Å². The van der Waals surface area contributed by atoms with Gasteiger partial charge in [0.15, 0.2) is 0 Å². The van der Waals surface area contributed by atoms with E-state index >= 15 is 0 Å². The number of esters is 1. The molecule has 4 aromatic rings. The van der Waals surface area contributed by atoms with Gasteiger partial charge in [-0.15, -0.1) is 0 Å². The topological polar surface area (TPSA) is 56.8 Å². The molecule has 0 saturated carbocycles. The summed E-state index contributed by atoms with van der Waals surface area (Å²) in [5.41, 5.74) is 6.68. The minimum Gasteiger partial charge on any atom is -0.496 e. The maximum atomic E-state index is 14.1. The van der Waals surface area contributed by atoms with Gasteiger partial charge in [-0.05, 0) is 86.9 Å². The van der Waals surface area contributed by atoms with Crippen LogP contribution in [0, 0.1) is 12.7 Å². The molecule has 1 aliphatic rings. The Labute approximate surface area is 234 Å². The van der Waals surface area contributed by atoms with Crippen LogP contribution >= 0.6 is 0 Å². The number of carbonyl (C=O) groups is 1. The van der Waals surface area contributed by atoms with E-state index < -0.39 is 5.97 Å². The lowest BCUT2D eigenvalue weighted by Crippen LogP contribution is -2.32. The first-order valence-electron chi connectivity index (χ1n) is 13.1. The van der Waals surface area contributed by atoms with Crippen molar-refractivity contribution in [1.82, 2.24) is 0 Å². The number of hydrogen-bond donors (Lipinski definition) is 1. The van der Waals surface area contributed by atoms with Crippen molar-refractivity contribution in [3.05, 3.63) is 113 Å². The van der Waals surface area contributed by atoms with Crippen LogP contribution in [0.25, 0.3) is 16.7 Å². The summed E-state index contributed by atoms with van der Waals surface area (Å²) in [5.74, 6) is 0.685. The molecule has 1 aliphatic heterocycles. The first kappa shape index (κ1) is 27.0. The normalized spacial score (nSPS) is 13.5. The van der Waals surface area contributed by atoms with Gasteiger partial charge in [0.2, 0.25) is 0 Å². The molecular formula is C34H32FNO4. The van der Waals surface area contributed by atoms with Crippen LogP contribution < -0.4 is 19.5 Å². The summed E-state index contributed by atoms with van der Waals surface area (Å²) in [6, 6.07) is 22.7. The van der Waals surface area contributed by atoms with Gasteiger partial charge in [-0.1, -0.05) is 36.4 Å². The van der Waals surface area contributed by atoms with Crippen LogP contribution in [0.5, 0.6) is 17.2 Å². The van der Waals surface area contributed by atoms with Crippen LogP contribution in [0.4, 0.5) is 10.1 Å². The molecule has 0 aromatic heterocycles. The molecule has 0 spiro atoms. The zero-order chi connectivity index (χ0) is 28.4. The Kier molecular flexibility index (Phi) is 7.35. The Bertz CT molecular complexity index is 1610. The van der Waals surface area contributed by atoms with E-state index in [2.05, 4.69) is 32.2 Å². The molecule has 0 saturated heterocycles. The van der Waals surface area contributed by atoms with Gasteiger partial charge in [0.05, 0.1) is 18.2 Å². The zero-order valence-corrected chi connectivity index (χ0v) is 23.3. The van der Waals surface area contributed by atoms with Gasteiger partial charge in [-0.2, -0.15) is 0 Å². The third-order valence-corrected chi connectivity index (χ3v) is 6.94. The fraction of sp³-hybridized carbons (Fsp3) is 0.206. The maximum absolute atomic E-state index is 14.1. The van der Waals surface area contributed by atoms with E-state index in [9.17, 15) is 9.18 Å². The SMILES string of the molecule is COc1ccc(OC(=O)c2ccccc2)cc1-c1ccc2c(c1COc1cc(F)ccc1C)C(C)=CC(C)(C)N2. The highest BCUT2D eigenvalue weighted by molar-refractivity contribution is 5.92. The Hall–Kier alpha value is -4.58. The smallest absolute Gasteiger partial charge is 0.343 e. The molecule has 6 heteroatoms. The number of halogens is 1. The lowest BCUT2D eigenvalue weighted by Gasteiger charge is -2.33. The van der Waals surface area contributed by atoms with Crippen molar-refractivity contribution in [3.8, 4) is 28.4 Å². The Morgan fingerprint density at radius 1 is 0.900 bits per heavy atom. The summed E-state index contributed by atoms with van der Waals surface area (Å²) in [6.45, 7) is 8.39. The highest BCUT2D eigenvalue weighted by Crippen LogP contribution is 2.43. The van der Waals surface area contributed by atoms with E-state index in [1.807, 2.05) is 25.1 Å². The van der Waals surface area contributed by atoms with E-state index in [1.54, 1.807) is 55.6 Å². The summed E-state index contributed by atoms with van der Waals surface area (Å²) in [4.78, 5) is 12.8. The number of benzene rings is 4. The first-order chi connectivity index (χ1) is 19.1. The summed E-state index contributed by atoms with van der Waals surface area (Å²) >= 11 is 0. The van der Waals surface area contributed by atoms with E-state index in [0.717, 1.165) is 39.1 Å². The quantitative estimate of drug-likeness (QED) is 0.190. The van der Waals surface area contributed by atoms with Crippen molar-refractivity contribution in [2.45, 2.75) is 39.8 Å². The number of methoxy groups -OCH3 is 1. The standard InChI is InChI=1S/C34H32FNO4/c1-21-11-12-24(35)17-31(21)39-20-28-26(14-15-29-32(28)22(2)19-34(3,4)36-29)27-18-25(13-16-30(27)38-5)40-33(37)23-9-7-6-8-10-23/h6-19,36H,20H2,1-5H3. The molecule has 0 radical (unpaired) electrons. The van der Waals surface area contributed by atoms with Gasteiger partial charge in [-0.3, -0.25) is 0 Å². The summed E-state index contributed by atoms with van der Waals surface area (Å²) in [7, 11) is 1.61. The monoisotopic (exact) mass is 537 g/mol. The van der Waals surface area contributed by atoms with E-state index in [-0.39, 0.29) is 18.0 Å². The van der Waals surface area contributed by atoms with Crippen molar-refractivity contribution < 1.29 is 23.4 Å². The van der Waals surface area contributed by atoms with Gasteiger partial charge in [-0.25, -0.2) is 9.18 Å². The number of hydrogen-bond acceptors (Lipinski definition) is 5. The minimum absolute atomic E-state index is 0.188. The van der Waals surface area contributed by atoms with Crippen LogP contribution in [0.1, 0.15) is 47.8 Å². The van der Waals surface area contributed by atoms with Gasteiger partial charge < -0.3 is 19.5 Å². The van der Waals surface area contributed by atoms with E-state index in [1.165, 1.54) is 12.1 Å². The third kappa shape index (κ3) is 5.57. The second kappa shape index (κ2) is 10.9. The number of fused-ring (bicyclic) bond motifs is 1. The molecule has 0 atom stereocenters. The second-order valence-corrected chi connectivity index (χ2v) is 10.5. The molecule has 0 bridgehead atoms. The van der Waals surface area contributed by atoms with Crippen LogP contribution in [-0.4, -0.2) is 18.6 Å². The number of nitrogens with one attached hydrogen (secondary N) is 1.